The molecule has 2 heterocycles. The standard InChI is InChI=1S/C36H40ClNO12/c1-18-32(44-3)21(38-12-7-8-13-38)14-25(49-18)50-23-16-36(47-6,24(39)17-48-35(37)42)15-20-27(23)34(46-5)29-28(33(20)45-4)30(40)19-10-9-11-22(43-2)26(19)31(29)41/h7,9-12,18,21,23,25,32H,8,13-17H2,1-6H3. The van der Waals surface area contributed by atoms with Crippen LogP contribution in [0.3, 0.4) is 0 Å². The number of rotatable bonds is 11. The Balaban J connectivity index is 1.53. The summed E-state index contributed by atoms with van der Waals surface area (Å²) in [6.45, 7) is 2.04. The Labute approximate surface area is 294 Å². The van der Waals surface area contributed by atoms with Crippen LogP contribution < -0.4 is 14.2 Å². The second kappa shape index (κ2) is 14.3. The number of carbonyl (C=O) groups is 4. The summed E-state index contributed by atoms with van der Waals surface area (Å²) in [6, 6.07) is 4.69. The summed E-state index contributed by atoms with van der Waals surface area (Å²) in [5.41, 5.74) is -1.83. The molecule has 50 heavy (non-hydrogen) atoms. The van der Waals surface area contributed by atoms with Gasteiger partial charge in [-0.2, -0.15) is 0 Å². The van der Waals surface area contributed by atoms with Crippen molar-refractivity contribution in [3.05, 3.63) is 63.9 Å². The molecular weight excluding hydrogens is 674 g/mol. The molecule has 6 unspecified atom stereocenters. The molecule has 2 aliphatic heterocycles. The van der Waals surface area contributed by atoms with E-state index in [4.69, 9.17) is 49.5 Å². The van der Waals surface area contributed by atoms with E-state index in [1.54, 1.807) is 25.3 Å². The van der Waals surface area contributed by atoms with Gasteiger partial charge in [-0.05, 0) is 25.6 Å². The minimum Gasteiger partial charge on any atom is -0.496 e. The topological polar surface area (TPSA) is 145 Å². The van der Waals surface area contributed by atoms with Gasteiger partial charge in [0, 0.05) is 68.3 Å². The van der Waals surface area contributed by atoms with Gasteiger partial charge < -0.3 is 42.8 Å². The average molecular weight is 714 g/mol. The van der Waals surface area contributed by atoms with E-state index in [1.165, 1.54) is 28.4 Å². The quantitative estimate of drug-likeness (QED) is 0.256. The van der Waals surface area contributed by atoms with Crippen LogP contribution in [0.5, 0.6) is 17.2 Å². The van der Waals surface area contributed by atoms with Crippen LogP contribution in [0, 0.1) is 0 Å². The van der Waals surface area contributed by atoms with Crippen molar-refractivity contribution >= 4 is 34.4 Å². The van der Waals surface area contributed by atoms with Crippen LogP contribution in [0.4, 0.5) is 4.79 Å². The fraction of sp³-hybridized carbons (Fsp3) is 0.500. The average Bonchev–Trinajstić information content (AvgIpc) is 3.66. The summed E-state index contributed by atoms with van der Waals surface area (Å²) < 4.78 is 47.3. The fourth-order valence-electron chi connectivity index (χ4n) is 7.90. The molecule has 0 radical (unpaired) electrons. The first-order valence-electron chi connectivity index (χ1n) is 16.3. The zero-order chi connectivity index (χ0) is 35.9. The molecule has 0 aromatic heterocycles. The van der Waals surface area contributed by atoms with E-state index in [2.05, 4.69) is 11.0 Å². The van der Waals surface area contributed by atoms with Crippen LogP contribution in [0.2, 0.25) is 0 Å². The van der Waals surface area contributed by atoms with E-state index in [9.17, 15) is 19.2 Å². The number of fused-ring (bicyclic) bond motifs is 3. The van der Waals surface area contributed by atoms with Gasteiger partial charge in [0.25, 0.3) is 0 Å². The third-order valence-corrected chi connectivity index (χ3v) is 10.3. The molecule has 0 saturated carbocycles. The molecule has 2 aliphatic carbocycles. The predicted molar refractivity (Wildman–Crippen MR) is 177 cm³/mol. The Morgan fingerprint density at radius 1 is 1.00 bits per heavy atom. The molecule has 1 fully saturated rings. The first kappa shape index (κ1) is 35.8. The molecule has 6 rings (SSSR count). The van der Waals surface area contributed by atoms with Gasteiger partial charge in [-0.15, -0.1) is 0 Å². The number of nitrogens with zero attached hydrogens (tertiary/aromatic N) is 1. The maximum absolute atomic E-state index is 14.4. The van der Waals surface area contributed by atoms with Crippen molar-refractivity contribution in [2.24, 2.45) is 0 Å². The molecule has 0 amide bonds. The molecule has 2 aromatic carbocycles. The summed E-state index contributed by atoms with van der Waals surface area (Å²) in [6.07, 6.45) is 2.79. The van der Waals surface area contributed by atoms with E-state index in [0.29, 0.717) is 17.5 Å². The van der Waals surface area contributed by atoms with E-state index in [-0.39, 0.29) is 70.6 Å². The van der Waals surface area contributed by atoms with Gasteiger partial charge in [0.05, 0.1) is 56.3 Å². The van der Waals surface area contributed by atoms with Crippen LogP contribution in [-0.2, 0) is 34.9 Å². The SMILES string of the molecule is COc1cccc2c1C(=O)c1c(OC)c3c(c(OC)c1C2=O)CC(OC)(C(=O)COC(=O)Cl)CC3OC1CC(N2C=CCC2)C(OC)C(C)O1. The summed E-state index contributed by atoms with van der Waals surface area (Å²) in [7, 11) is 7.21. The molecule has 2 aromatic rings. The van der Waals surface area contributed by atoms with E-state index >= 15 is 0 Å². The molecule has 1 saturated heterocycles. The zero-order valence-corrected chi connectivity index (χ0v) is 29.5. The number of Topliss-reactive ketones (excluding diaryl/α,β-unsaturated/α-hetero) is 1. The highest BCUT2D eigenvalue weighted by Crippen LogP contribution is 2.54. The first-order valence-corrected chi connectivity index (χ1v) is 16.7. The van der Waals surface area contributed by atoms with Crippen molar-refractivity contribution in [2.75, 3.05) is 48.7 Å². The molecule has 0 spiro atoms. The highest BCUT2D eigenvalue weighted by atomic mass is 35.5. The van der Waals surface area contributed by atoms with Crippen LogP contribution in [-0.4, -0.2) is 107 Å². The van der Waals surface area contributed by atoms with Crippen LogP contribution in [0.1, 0.15) is 75.3 Å². The van der Waals surface area contributed by atoms with Crippen molar-refractivity contribution in [1.29, 1.82) is 0 Å². The van der Waals surface area contributed by atoms with Gasteiger partial charge in [0.15, 0.2) is 18.7 Å². The second-order valence-corrected chi connectivity index (χ2v) is 12.9. The van der Waals surface area contributed by atoms with Gasteiger partial charge >= 0.3 is 5.43 Å². The number of benzene rings is 2. The van der Waals surface area contributed by atoms with Crippen molar-refractivity contribution in [1.82, 2.24) is 4.90 Å². The van der Waals surface area contributed by atoms with Gasteiger partial charge in [0.2, 0.25) is 11.6 Å². The predicted octanol–water partition coefficient (Wildman–Crippen LogP) is 4.56. The second-order valence-electron chi connectivity index (χ2n) is 12.6. The monoisotopic (exact) mass is 713 g/mol. The fourth-order valence-corrected chi connectivity index (χ4v) is 7.95. The zero-order valence-electron chi connectivity index (χ0n) is 28.7. The van der Waals surface area contributed by atoms with Crippen molar-refractivity contribution in [2.45, 2.75) is 68.9 Å². The number of hydrogen-bond donors (Lipinski definition) is 0. The number of hydrogen-bond acceptors (Lipinski definition) is 13. The summed E-state index contributed by atoms with van der Waals surface area (Å²) in [4.78, 5) is 56.3. The number of ether oxygens (including phenoxy) is 8. The smallest absolute Gasteiger partial charge is 0.404 e. The van der Waals surface area contributed by atoms with E-state index in [0.717, 1.165) is 13.0 Å². The molecule has 0 bridgehead atoms. The van der Waals surface area contributed by atoms with Crippen LogP contribution in [0.15, 0.2) is 30.5 Å². The maximum Gasteiger partial charge on any atom is 0.404 e. The molecule has 0 N–H and O–H groups in total. The minimum absolute atomic E-state index is 0.0107. The van der Waals surface area contributed by atoms with Gasteiger partial charge in [-0.1, -0.05) is 18.2 Å². The number of ketones is 3. The lowest BCUT2D eigenvalue weighted by molar-refractivity contribution is -0.260. The van der Waals surface area contributed by atoms with Gasteiger partial charge in [0.1, 0.15) is 29.0 Å². The van der Waals surface area contributed by atoms with E-state index in [1.807, 2.05) is 13.1 Å². The highest BCUT2D eigenvalue weighted by molar-refractivity contribution is 6.61. The van der Waals surface area contributed by atoms with Gasteiger partial charge in [-0.3, -0.25) is 14.4 Å². The normalized spacial score (nSPS) is 26.9. The number of carbonyl (C=O) groups excluding carboxylic acids is 4. The summed E-state index contributed by atoms with van der Waals surface area (Å²) >= 11 is 5.42. The lowest BCUT2D eigenvalue weighted by Crippen LogP contribution is -2.55. The van der Waals surface area contributed by atoms with Crippen LogP contribution in [0.25, 0.3) is 0 Å². The summed E-state index contributed by atoms with van der Waals surface area (Å²) in [5, 5.41) is 0. The molecule has 13 nitrogen and oxygen atoms in total. The third-order valence-electron chi connectivity index (χ3n) is 10.2. The number of methoxy groups -OCH3 is 5. The van der Waals surface area contributed by atoms with E-state index < -0.39 is 47.4 Å². The lowest BCUT2D eigenvalue weighted by Gasteiger charge is -2.46. The molecule has 4 aliphatic rings. The lowest BCUT2D eigenvalue weighted by atomic mass is 9.71. The van der Waals surface area contributed by atoms with Crippen molar-refractivity contribution < 1.29 is 57.1 Å². The highest BCUT2D eigenvalue weighted by Gasteiger charge is 2.52. The minimum atomic E-state index is -1.63. The largest absolute Gasteiger partial charge is 0.496 e. The maximum atomic E-state index is 14.4. The van der Waals surface area contributed by atoms with Gasteiger partial charge in [-0.25, -0.2) is 4.79 Å². The van der Waals surface area contributed by atoms with Crippen LogP contribution >= 0.6 is 11.6 Å². The molecule has 6 atom stereocenters. The Kier molecular flexibility index (Phi) is 10.2. The van der Waals surface area contributed by atoms with Crippen molar-refractivity contribution in [3.63, 3.8) is 0 Å². The number of halogens is 1. The van der Waals surface area contributed by atoms with Crippen molar-refractivity contribution in [3.8, 4) is 17.2 Å². The Bertz CT molecular complexity index is 1740. The molecular formula is C36H40ClNO12. The molecule has 268 valence electrons. The first-order chi connectivity index (χ1) is 24.0. The summed E-state index contributed by atoms with van der Waals surface area (Å²) in [5.74, 6) is -1.19. The third kappa shape index (κ3) is 5.94. The molecule has 14 heteroatoms. The Morgan fingerprint density at radius 3 is 2.36 bits per heavy atom. The Morgan fingerprint density at radius 2 is 1.74 bits per heavy atom. The Hall–Kier alpha value is -4.01.